The molecule has 174 valence electrons. The molecule has 8 nitrogen and oxygen atoms in total. The number of amides is 1. The molecule has 9 heteroatoms. The van der Waals surface area contributed by atoms with Crippen LogP contribution in [0, 0.1) is 5.82 Å². The summed E-state index contributed by atoms with van der Waals surface area (Å²) in [5.41, 5.74) is 14.6. The van der Waals surface area contributed by atoms with Gasteiger partial charge in [0.2, 0.25) is 0 Å². The van der Waals surface area contributed by atoms with E-state index in [-0.39, 0.29) is 29.3 Å². The number of aromatic nitrogens is 3. The monoisotopic (exact) mass is 451 g/mol. The molecular weight excluding hydrogens is 421 g/mol. The Bertz CT molecular complexity index is 1200. The molecule has 1 amide bonds. The molecule has 33 heavy (non-hydrogen) atoms. The molecule has 0 saturated heterocycles. The van der Waals surface area contributed by atoms with Gasteiger partial charge in [0.15, 0.2) is 11.6 Å². The van der Waals surface area contributed by atoms with Crippen molar-refractivity contribution in [2.75, 3.05) is 10.6 Å². The first-order valence-corrected chi connectivity index (χ1v) is 11.7. The van der Waals surface area contributed by atoms with Crippen LogP contribution < -0.4 is 22.1 Å². The molecule has 2 aliphatic rings. The molecule has 0 radical (unpaired) electrons. The topological polar surface area (TPSA) is 124 Å². The second kappa shape index (κ2) is 8.62. The Morgan fingerprint density at radius 3 is 2.67 bits per heavy atom. The van der Waals surface area contributed by atoms with Crippen LogP contribution in [0.1, 0.15) is 67.5 Å². The lowest BCUT2D eigenvalue weighted by molar-refractivity contribution is 0.100. The highest BCUT2D eigenvalue weighted by Gasteiger charge is 2.27. The summed E-state index contributed by atoms with van der Waals surface area (Å²) in [6, 6.07) is 7.43. The predicted octanol–water partition coefficient (Wildman–Crippen LogP) is 3.99. The van der Waals surface area contributed by atoms with Gasteiger partial charge in [0.25, 0.3) is 5.91 Å². The third kappa shape index (κ3) is 4.25. The molecule has 2 aliphatic carbocycles. The van der Waals surface area contributed by atoms with E-state index in [1.54, 1.807) is 0 Å². The van der Waals surface area contributed by atoms with Gasteiger partial charge in [-0.2, -0.15) is 5.10 Å². The van der Waals surface area contributed by atoms with Crippen LogP contribution >= 0.6 is 0 Å². The van der Waals surface area contributed by atoms with Crippen molar-refractivity contribution < 1.29 is 9.18 Å². The maximum absolute atomic E-state index is 14.8. The summed E-state index contributed by atoms with van der Waals surface area (Å²) >= 11 is 0. The number of benzene rings is 1. The minimum atomic E-state index is -0.748. The Hall–Kier alpha value is -3.20. The molecule has 2 aromatic heterocycles. The van der Waals surface area contributed by atoms with Crippen molar-refractivity contribution in [1.82, 2.24) is 14.8 Å². The Kier molecular flexibility index (Phi) is 5.65. The molecule has 2 heterocycles. The van der Waals surface area contributed by atoms with Gasteiger partial charge in [0, 0.05) is 23.2 Å². The van der Waals surface area contributed by atoms with Gasteiger partial charge in [-0.1, -0.05) is 19.8 Å². The quantitative estimate of drug-likeness (QED) is 0.431. The Balaban J connectivity index is 1.48. The van der Waals surface area contributed by atoms with Crippen molar-refractivity contribution in [1.29, 1.82) is 0 Å². The van der Waals surface area contributed by atoms with Crippen LogP contribution in [0.15, 0.2) is 24.3 Å². The predicted molar refractivity (Wildman–Crippen MR) is 127 cm³/mol. The number of halogens is 1. The molecular formula is C24H30FN7O. The summed E-state index contributed by atoms with van der Waals surface area (Å²) in [5, 5.41) is 12.2. The van der Waals surface area contributed by atoms with Crippen molar-refractivity contribution in [3.05, 3.63) is 41.3 Å². The number of hydrogen-bond donors (Lipinski definition) is 4. The normalized spacial score (nSPS) is 20.7. The number of pyridine rings is 1. The first kappa shape index (κ1) is 21.6. The summed E-state index contributed by atoms with van der Waals surface area (Å²) in [7, 11) is 0. The number of rotatable bonds is 7. The fraction of sp³-hybridized carbons (Fsp3) is 0.458. The molecule has 0 aliphatic heterocycles. The first-order valence-electron chi connectivity index (χ1n) is 11.7. The van der Waals surface area contributed by atoms with Gasteiger partial charge < -0.3 is 22.1 Å². The molecule has 3 aromatic rings. The van der Waals surface area contributed by atoms with Gasteiger partial charge in [-0.15, -0.1) is 0 Å². The van der Waals surface area contributed by atoms with E-state index in [4.69, 9.17) is 16.6 Å². The molecule has 1 aromatic carbocycles. The van der Waals surface area contributed by atoms with Crippen LogP contribution in [0.2, 0.25) is 0 Å². The maximum atomic E-state index is 14.8. The average molecular weight is 452 g/mol. The van der Waals surface area contributed by atoms with Crippen LogP contribution in [0.3, 0.4) is 0 Å². The van der Waals surface area contributed by atoms with E-state index in [0.29, 0.717) is 6.04 Å². The number of aryl methyl sites for hydroxylation is 1. The van der Waals surface area contributed by atoms with Crippen LogP contribution in [-0.2, 0) is 6.42 Å². The summed E-state index contributed by atoms with van der Waals surface area (Å²) in [5.74, 6) is -1.09. The van der Waals surface area contributed by atoms with Crippen LogP contribution in [0.4, 0.5) is 21.7 Å². The lowest BCUT2D eigenvalue weighted by Crippen LogP contribution is -2.43. The van der Waals surface area contributed by atoms with E-state index < -0.39 is 11.7 Å². The number of anilines is 3. The Labute approximate surface area is 191 Å². The minimum absolute atomic E-state index is 0.00419. The number of carbonyl (C=O) groups is 1. The molecule has 6 N–H and O–H groups in total. The summed E-state index contributed by atoms with van der Waals surface area (Å²) in [6.45, 7) is 2.08. The van der Waals surface area contributed by atoms with Gasteiger partial charge >= 0.3 is 0 Å². The van der Waals surface area contributed by atoms with Gasteiger partial charge in [0.05, 0.1) is 22.8 Å². The van der Waals surface area contributed by atoms with Gasteiger partial charge in [0.1, 0.15) is 5.82 Å². The molecule has 2 saturated carbocycles. The number of nitrogens with two attached hydrogens (primary N) is 2. The zero-order valence-electron chi connectivity index (χ0n) is 18.8. The van der Waals surface area contributed by atoms with Crippen molar-refractivity contribution >= 4 is 34.1 Å². The van der Waals surface area contributed by atoms with Crippen molar-refractivity contribution in [3.8, 4) is 0 Å². The van der Waals surface area contributed by atoms with Gasteiger partial charge in [-0.25, -0.2) is 9.37 Å². The molecule has 0 spiro atoms. The highest BCUT2D eigenvalue weighted by molar-refractivity contribution is 5.99. The van der Waals surface area contributed by atoms with Crippen LogP contribution in [0.5, 0.6) is 0 Å². The number of nitrogens with zero attached hydrogens (tertiary/aromatic N) is 3. The number of fused-ring (bicyclic) bond motifs is 1. The zero-order chi connectivity index (χ0) is 23.1. The Morgan fingerprint density at radius 2 is 1.97 bits per heavy atom. The van der Waals surface area contributed by atoms with E-state index in [1.807, 2.05) is 18.2 Å². The lowest BCUT2D eigenvalue weighted by Gasteiger charge is -2.30. The van der Waals surface area contributed by atoms with Crippen LogP contribution in [-0.4, -0.2) is 32.8 Å². The second-order valence-corrected chi connectivity index (χ2v) is 9.11. The third-order valence-corrected chi connectivity index (χ3v) is 6.66. The molecule has 5 rings (SSSR count). The highest BCUT2D eigenvalue weighted by atomic mass is 19.1. The largest absolute Gasteiger partial charge is 0.365 e. The number of primary amides is 1. The Morgan fingerprint density at radius 1 is 1.18 bits per heavy atom. The molecule has 2 fully saturated rings. The number of carbonyl (C=O) groups excluding carboxylic acids is 1. The first-order chi connectivity index (χ1) is 15.9. The van der Waals surface area contributed by atoms with E-state index in [1.165, 1.54) is 0 Å². The van der Waals surface area contributed by atoms with Crippen molar-refractivity contribution in [2.24, 2.45) is 11.5 Å². The number of nitrogens with one attached hydrogen (secondary N) is 2. The summed E-state index contributed by atoms with van der Waals surface area (Å²) in [6.07, 6.45) is 6.97. The lowest BCUT2D eigenvalue weighted by atomic mass is 9.91. The fourth-order valence-electron chi connectivity index (χ4n) is 4.67. The third-order valence-electron chi connectivity index (χ3n) is 6.66. The van der Waals surface area contributed by atoms with Crippen LogP contribution in [0.25, 0.3) is 10.9 Å². The smallest absolute Gasteiger partial charge is 0.252 e. The summed E-state index contributed by atoms with van der Waals surface area (Å²) < 4.78 is 16.9. The van der Waals surface area contributed by atoms with E-state index in [9.17, 15) is 9.18 Å². The maximum Gasteiger partial charge on any atom is 0.252 e. The SMILES string of the molecule is CCc1nn(C2CC2)c2ccc(Nc3nc(N[C@@H]4CCCC[C@@H]4N)c(F)cc3C(N)=O)cc12. The molecule has 2 atom stereocenters. The van der Waals surface area contributed by atoms with Gasteiger partial charge in [-0.05, 0) is 56.4 Å². The van der Waals surface area contributed by atoms with E-state index in [2.05, 4.69) is 27.2 Å². The molecule has 0 bridgehead atoms. The van der Waals surface area contributed by atoms with Gasteiger partial charge in [-0.3, -0.25) is 9.48 Å². The average Bonchev–Trinajstić information content (AvgIpc) is 3.58. The molecule has 0 unspecified atom stereocenters. The fourth-order valence-corrected chi connectivity index (χ4v) is 4.67. The second-order valence-electron chi connectivity index (χ2n) is 9.11. The standard InChI is InChI=1S/C24H30FN7O/c1-2-19-15-11-13(7-10-21(15)32(31-19)14-8-9-14)28-23-16(22(27)33)12-17(25)24(30-23)29-20-6-4-3-5-18(20)26/h7,10-12,14,18,20H,2-6,8-9,26H2,1H3,(H2,27,33)(H2,28,29,30)/t18-,20+/m0/s1. The van der Waals surface area contributed by atoms with Crippen molar-refractivity contribution in [2.45, 2.75) is 70.0 Å². The number of hydrogen-bond acceptors (Lipinski definition) is 6. The van der Waals surface area contributed by atoms with E-state index in [0.717, 1.165) is 73.3 Å². The van der Waals surface area contributed by atoms with E-state index >= 15 is 0 Å². The minimum Gasteiger partial charge on any atom is -0.365 e. The zero-order valence-corrected chi connectivity index (χ0v) is 18.8. The summed E-state index contributed by atoms with van der Waals surface area (Å²) in [4.78, 5) is 16.4. The van der Waals surface area contributed by atoms with Crippen molar-refractivity contribution in [3.63, 3.8) is 0 Å². The highest BCUT2D eigenvalue weighted by Crippen LogP contribution is 2.38.